The number of hydrogen-bond donors (Lipinski definition) is 1. The van der Waals surface area contributed by atoms with Crippen LogP contribution in [0.2, 0.25) is 0 Å². The molecular weight excluding hydrogens is 428 g/mol. The van der Waals surface area contributed by atoms with E-state index in [9.17, 15) is 14.7 Å². The molecule has 1 unspecified atom stereocenters. The van der Waals surface area contributed by atoms with Gasteiger partial charge in [-0.05, 0) is 61.9 Å². The van der Waals surface area contributed by atoms with Crippen LogP contribution in [0, 0.1) is 17.3 Å². The Kier molecular flexibility index (Phi) is 8.40. The number of ketones is 1. The third kappa shape index (κ3) is 5.63. The lowest BCUT2D eigenvalue weighted by molar-refractivity contribution is -0.132. The van der Waals surface area contributed by atoms with E-state index in [4.69, 9.17) is 9.47 Å². The van der Waals surface area contributed by atoms with Crippen molar-refractivity contribution in [3.63, 3.8) is 0 Å². The Balaban J connectivity index is 1.67. The van der Waals surface area contributed by atoms with E-state index in [1.54, 1.807) is 32.2 Å². The van der Waals surface area contributed by atoms with Crippen molar-refractivity contribution in [1.82, 2.24) is 0 Å². The molecule has 0 saturated heterocycles. The first kappa shape index (κ1) is 25.8. The number of methoxy groups -OCH3 is 1. The average molecular weight is 467 g/mol. The zero-order valence-electron chi connectivity index (χ0n) is 21.1. The van der Waals surface area contributed by atoms with Gasteiger partial charge in [-0.2, -0.15) is 0 Å². The van der Waals surface area contributed by atoms with Gasteiger partial charge in [0, 0.05) is 17.1 Å². The molecule has 1 fully saturated rings. The molecule has 0 spiro atoms. The largest absolute Gasteiger partial charge is 0.500 e. The molecule has 0 radical (unpaired) electrons. The van der Waals surface area contributed by atoms with E-state index in [1.807, 2.05) is 39.0 Å². The van der Waals surface area contributed by atoms with Crippen molar-refractivity contribution in [2.75, 3.05) is 13.7 Å². The Morgan fingerprint density at radius 3 is 2.32 bits per heavy atom. The second-order valence-electron chi connectivity index (χ2n) is 10.1. The molecule has 0 aromatic heterocycles. The van der Waals surface area contributed by atoms with Gasteiger partial charge in [-0.15, -0.1) is 0 Å². The number of carbonyl (C=O) groups excluding carboxylic acids is 1. The van der Waals surface area contributed by atoms with Gasteiger partial charge in [0.2, 0.25) is 0 Å². The molecule has 1 aromatic rings. The molecule has 1 N–H and O–H groups in total. The number of hydrogen-bond acceptors (Lipinski definition) is 4. The van der Waals surface area contributed by atoms with Gasteiger partial charge >= 0.3 is 5.97 Å². The quantitative estimate of drug-likeness (QED) is 0.322. The van der Waals surface area contributed by atoms with E-state index in [2.05, 4.69) is 0 Å². The first-order valence-electron chi connectivity index (χ1n) is 12.3. The summed E-state index contributed by atoms with van der Waals surface area (Å²) in [5.41, 5.74) is 1.74. The maximum Gasteiger partial charge on any atom is 0.336 e. The van der Waals surface area contributed by atoms with Crippen molar-refractivity contribution in [2.24, 2.45) is 17.3 Å². The summed E-state index contributed by atoms with van der Waals surface area (Å²) in [7, 11) is 1.55. The van der Waals surface area contributed by atoms with Crippen LogP contribution in [0.3, 0.4) is 0 Å². The third-order valence-corrected chi connectivity index (χ3v) is 7.68. The van der Waals surface area contributed by atoms with Crippen LogP contribution in [0.25, 0.3) is 0 Å². The minimum Gasteiger partial charge on any atom is -0.500 e. The lowest BCUT2D eigenvalue weighted by atomic mass is 9.66. The summed E-state index contributed by atoms with van der Waals surface area (Å²) in [4.78, 5) is 24.7. The number of carbonyl (C=O) groups is 2. The van der Waals surface area contributed by atoms with E-state index < -0.39 is 11.4 Å². The molecule has 5 heteroatoms. The minimum absolute atomic E-state index is 0.108. The number of aliphatic carboxylic acids is 1. The van der Waals surface area contributed by atoms with Crippen molar-refractivity contribution in [1.29, 1.82) is 0 Å². The van der Waals surface area contributed by atoms with Crippen LogP contribution >= 0.6 is 0 Å². The number of benzene rings is 1. The highest BCUT2D eigenvalue weighted by atomic mass is 16.5. The fourth-order valence-corrected chi connectivity index (χ4v) is 5.26. The maximum atomic E-state index is 12.9. The molecule has 1 saturated carbocycles. The van der Waals surface area contributed by atoms with Crippen LogP contribution in [-0.2, 0) is 9.53 Å². The molecule has 5 nitrogen and oxygen atoms in total. The number of carboxylic acids is 1. The van der Waals surface area contributed by atoms with Gasteiger partial charge in [-0.25, -0.2) is 4.79 Å². The number of allylic oxidation sites excluding steroid dienone is 3. The highest BCUT2D eigenvalue weighted by Gasteiger charge is 2.41. The molecule has 0 heterocycles. The molecule has 1 aromatic carbocycles. The van der Waals surface area contributed by atoms with Gasteiger partial charge < -0.3 is 14.6 Å². The average Bonchev–Trinajstić information content (AvgIpc) is 2.81. The number of ether oxygens (including phenoxy) is 2. The summed E-state index contributed by atoms with van der Waals surface area (Å²) < 4.78 is 11.5. The summed E-state index contributed by atoms with van der Waals surface area (Å²) in [5.74, 6) is 0.835. The lowest BCUT2D eigenvalue weighted by Crippen LogP contribution is -2.33. The zero-order valence-corrected chi connectivity index (χ0v) is 21.1. The summed E-state index contributed by atoms with van der Waals surface area (Å²) in [5, 5.41) is 9.69. The molecule has 0 bridgehead atoms. The van der Waals surface area contributed by atoms with Crippen molar-refractivity contribution in [2.45, 2.75) is 66.2 Å². The van der Waals surface area contributed by atoms with Crippen LogP contribution in [0.1, 0.15) is 76.6 Å². The molecule has 2 aliphatic carbocycles. The predicted molar refractivity (Wildman–Crippen MR) is 134 cm³/mol. The SMILES string of the molecule is COC1=C(C)C(C(=O)O)=C(C)C(C)(C)C1C=CC(=O)c1ccc(OCCC2CCCCC2)cc1. The van der Waals surface area contributed by atoms with E-state index in [-0.39, 0.29) is 17.3 Å². The van der Waals surface area contributed by atoms with E-state index in [1.165, 1.54) is 32.1 Å². The van der Waals surface area contributed by atoms with Crippen molar-refractivity contribution in [3.05, 3.63) is 64.5 Å². The second-order valence-corrected chi connectivity index (χ2v) is 10.1. The normalized spacial score (nSPS) is 21.1. The van der Waals surface area contributed by atoms with Crippen LogP contribution in [0.5, 0.6) is 5.75 Å². The molecule has 1 atom stereocenters. The fraction of sp³-hybridized carbons (Fsp3) is 0.517. The lowest BCUT2D eigenvalue weighted by Gasteiger charge is -2.40. The monoisotopic (exact) mass is 466 g/mol. The van der Waals surface area contributed by atoms with Gasteiger partial charge in [-0.3, -0.25) is 4.79 Å². The Bertz CT molecular complexity index is 988. The third-order valence-electron chi connectivity index (χ3n) is 7.68. The molecular formula is C29H38O5. The van der Waals surface area contributed by atoms with Crippen molar-refractivity contribution in [3.8, 4) is 5.75 Å². The first-order valence-corrected chi connectivity index (χ1v) is 12.3. The van der Waals surface area contributed by atoms with Gasteiger partial charge in [-0.1, -0.05) is 57.6 Å². The molecule has 184 valence electrons. The summed E-state index contributed by atoms with van der Waals surface area (Å²) in [6.07, 6.45) is 11.2. The maximum absolute atomic E-state index is 12.9. The molecule has 34 heavy (non-hydrogen) atoms. The van der Waals surface area contributed by atoms with Gasteiger partial charge in [0.15, 0.2) is 5.78 Å². The summed E-state index contributed by atoms with van der Waals surface area (Å²) in [6.45, 7) is 8.28. The smallest absolute Gasteiger partial charge is 0.336 e. The Morgan fingerprint density at radius 2 is 1.74 bits per heavy atom. The Morgan fingerprint density at radius 1 is 1.09 bits per heavy atom. The first-order chi connectivity index (χ1) is 16.2. The van der Waals surface area contributed by atoms with Gasteiger partial charge in [0.1, 0.15) is 11.5 Å². The summed E-state index contributed by atoms with van der Waals surface area (Å²) >= 11 is 0. The Hall–Kier alpha value is -2.82. The number of rotatable bonds is 9. The second kappa shape index (κ2) is 11.1. The zero-order chi connectivity index (χ0) is 24.9. The molecule has 2 aliphatic rings. The molecule has 3 rings (SSSR count). The van der Waals surface area contributed by atoms with Crippen LogP contribution in [0.15, 0.2) is 58.9 Å². The van der Waals surface area contributed by atoms with Crippen molar-refractivity contribution >= 4 is 11.8 Å². The Labute approximate surface area is 203 Å². The standard InChI is InChI=1S/C29H38O5/c1-19-26(28(31)32)20(2)29(3,4)24(27(19)33-5)15-16-25(30)22-11-13-23(14-12-22)34-18-17-21-9-7-6-8-10-21/h11-16,21,24H,6-10,17-18H2,1-5H3,(H,31,32). The predicted octanol–water partition coefficient (Wildman–Crippen LogP) is 6.75. The van der Waals surface area contributed by atoms with Crippen LogP contribution < -0.4 is 4.74 Å². The minimum atomic E-state index is -0.961. The number of carboxylic acid groups (broad SMARTS) is 1. The molecule has 0 amide bonds. The van der Waals surface area contributed by atoms with E-state index in [0.29, 0.717) is 23.5 Å². The highest BCUT2D eigenvalue weighted by molar-refractivity contribution is 6.04. The van der Waals surface area contributed by atoms with Crippen molar-refractivity contribution < 1.29 is 24.2 Å². The fourth-order valence-electron chi connectivity index (χ4n) is 5.26. The van der Waals surface area contributed by atoms with Crippen LogP contribution in [-0.4, -0.2) is 30.6 Å². The molecule has 0 aliphatic heterocycles. The topological polar surface area (TPSA) is 72.8 Å². The van der Waals surface area contributed by atoms with Gasteiger partial charge in [0.05, 0.1) is 19.3 Å². The van der Waals surface area contributed by atoms with E-state index in [0.717, 1.165) is 23.7 Å². The highest BCUT2D eigenvalue weighted by Crippen LogP contribution is 2.48. The van der Waals surface area contributed by atoms with E-state index >= 15 is 0 Å². The summed E-state index contributed by atoms with van der Waals surface area (Å²) in [6, 6.07) is 7.29. The van der Waals surface area contributed by atoms with Crippen LogP contribution in [0.4, 0.5) is 0 Å². The van der Waals surface area contributed by atoms with Gasteiger partial charge in [0.25, 0.3) is 0 Å².